The lowest BCUT2D eigenvalue weighted by Crippen LogP contribution is -2.38. The van der Waals surface area contributed by atoms with E-state index >= 15 is 0 Å². The van der Waals surface area contributed by atoms with Crippen LogP contribution in [-0.4, -0.2) is 30.4 Å². The SMILES string of the molecule is NC1CCC(CCC(=O)NCC2CCC(=O)N2)CC1. The Hall–Kier alpha value is -1.10. The summed E-state index contributed by atoms with van der Waals surface area (Å²) in [5.74, 6) is 0.866. The summed E-state index contributed by atoms with van der Waals surface area (Å²) in [6.07, 6.45) is 7.50. The van der Waals surface area contributed by atoms with Crippen molar-refractivity contribution < 1.29 is 9.59 Å². The molecule has 0 aromatic carbocycles. The minimum Gasteiger partial charge on any atom is -0.354 e. The maximum Gasteiger partial charge on any atom is 0.220 e. The van der Waals surface area contributed by atoms with Crippen LogP contribution in [0.3, 0.4) is 0 Å². The lowest BCUT2D eigenvalue weighted by molar-refractivity contribution is -0.122. The highest BCUT2D eigenvalue weighted by atomic mass is 16.2. The van der Waals surface area contributed by atoms with Crippen LogP contribution in [0.1, 0.15) is 51.4 Å². The number of amides is 2. The molecule has 1 saturated heterocycles. The molecule has 1 aliphatic carbocycles. The molecule has 2 fully saturated rings. The molecule has 2 amide bonds. The highest BCUT2D eigenvalue weighted by Crippen LogP contribution is 2.26. The molecular weight excluding hydrogens is 242 g/mol. The number of nitrogens with two attached hydrogens (primary N) is 1. The van der Waals surface area contributed by atoms with Gasteiger partial charge in [-0.25, -0.2) is 0 Å². The van der Waals surface area contributed by atoms with Gasteiger partial charge in [0.1, 0.15) is 0 Å². The lowest BCUT2D eigenvalue weighted by atomic mass is 9.84. The van der Waals surface area contributed by atoms with Crippen molar-refractivity contribution in [3.05, 3.63) is 0 Å². The summed E-state index contributed by atoms with van der Waals surface area (Å²) in [5, 5.41) is 5.77. The van der Waals surface area contributed by atoms with E-state index in [0.717, 1.165) is 38.5 Å². The first kappa shape index (κ1) is 14.3. The van der Waals surface area contributed by atoms with Crippen LogP contribution in [0.15, 0.2) is 0 Å². The second kappa shape index (κ2) is 6.89. The molecule has 0 aromatic heterocycles. The first-order chi connectivity index (χ1) is 9.13. The van der Waals surface area contributed by atoms with Crippen molar-refractivity contribution in [2.75, 3.05) is 6.54 Å². The Morgan fingerprint density at radius 2 is 2.00 bits per heavy atom. The molecule has 5 nitrogen and oxygen atoms in total. The van der Waals surface area contributed by atoms with E-state index in [1.54, 1.807) is 0 Å². The van der Waals surface area contributed by atoms with Gasteiger partial charge in [0.2, 0.25) is 11.8 Å². The molecule has 5 heteroatoms. The summed E-state index contributed by atoms with van der Waals surface area (Å²) in [7, 11) is 0. The molecule has 1 aliphatic heterocycles. The first-order valence-electron chi connectivity index (χ1n) is 7.45. The number of rotatable bonds is 5. The monoisotopic (exact) mass is 267 g/mol. The average molecular weight is 267 g/mol. The topological polar surface area (TPSA) is 84.2 Å². The first-order valence-corrected chi connectivity index (χ1v) is 7.45. The zero-order valence-electron chi connectivity index (χ0n) is 11.5. The molecule has 2 aliphatic rings. The van der Waals surface area contributed by atoms with Gasteiger partial charge in [-0.3, -0.25) is 9.59 Å². The fourth-order valence-corrected chi connectivity index (χ4v) is 2.97. The van der Waals surface area contributed by atoms with Crippen LogP contribution in [0.5, 0.6) is 0 Å². The average Bonchev–Trinajstić information content (AvgIpc) is 2.81. The van der Waals surface area contributed by atoms with Gasteiger partial charge in [-0.2, -0.15) is 0 Å². The smallest absolute Gasteiger partial charge is 0.220 e. The molecule has 1 unspecified atom stereocenters. The van der Waals surface area contributed by atoms with E-state index in [0.29, 0.717) is 31.3 Å². The van der Waals surface area contributed by atoms with Gasteiger partial charge in [-0.05, 0) is 44.4 Å². The maximum absolute atomic E-state index is 11.7. The Morgan fingerprint density at radius 1 is 1.26 bits per heavy atom. The summed E-state index contributed by atoms with van der Waals surface area (Å²) >= 11 is 0. The summed E-state index contributed by atoms with van der Waals surface area (Å²) in [6, 6.07) is 0.500. The third-order valence-electron chi connectivity index (χ3n) is 4.30. The molecule has 1 atom stereocenters. The van der Waals surface area contributed by atoms with Gasteiger partial charge in [-0.15, -0.1) is 0 Å². The summed E-state index contributed by atoms with van der Waals surface area (Å²) in [4.78, 5) is 22.8. The number of hydrogen-bond acceptors (Lipinski definition) is 3. The van der Waals surface area contributed by atoms with E-state index in [2.05, 4.69) is 10.6 Å². The molecule has 0 bridgehead atoms. The van der Waals surface area contributed by atoms with Crippen molar-refractivity contribution in [1.29, 1.82) is 0 Å². The van der Waals surface area contributed by atoms with Gasteiger partial charge in [0.25, 0.3) is 0 Å². The van der Waals surface area contributed by atoms with Crippen LogP contribution in [0.4, 0.5) is 0 Å². The fourth-order valence-electron chi connectivity index (χ4n) is 2.97. The fraction of sp³-hybridized carbons (Fsp3) is 0.857. The quantitative estimate of drug-likeness (QED) is 0.685. The molecular formula is C14H25N3O2. The Balaban J connectivity index is 1.56. The molecule has 1 saturated carbocycles. The number of nitrogens with one attached hydrogen (secondary N) is 2. The van der Waals surface area contributed by atoms with Crippen molar-refractivity contribution in [3.8, 4) is 0 Å². The van der Waals surface area contributed by atoms with E-state index in [4.69, 9.17) is 5.73 Å². The van der Waals surface area contributed by atoms with E-state index in [1.807, 2.05) is 0 Å². The summed E-state index contributed by atoms with van der Waals surface area (Å²) < 4.78 is 0. The standard InChI is InChI=1S/C14H25N3O2/c15-11-4-1-10(2-5-11)3-7-13(18)16-9-12-6-8-14(19)17-12/h10-12H,1-9,15H2,(H,16,18)(H,17,19). The normalized spacial score (nSPS) is 31.0. The maximum atomic E-state index is 11.7. The number of hydrogen-bond donors (Lipinski definition) is 3. The van der Waals surface area contributed by atoms with Gasteiger partial charge < -0.3 is 16.4 Å². The third kappa shape index (κ3) is 4.82. The van der Waals surface area contributed by atoms with Gasteiger partial charge in [0, 0.05) is 31.5 Å². The molecule has 4 N–H and O–H groups in total. The van der Waals surface area contributed by atoms with Gasteiger partial charge >= 0.3 is 0 Å². The number of carbonyl (C=O) groups is 2. The van der Waals surface area contributed by atoms with E-state index in [9.17, 15) is 9.59 Å². The highest BCUT2D eigenvalue weighted by molar-refractivity contribution is 5.79. The van der Waals surface area contributed by atoms with Crippen LogP contribution in [-0.2, 0) is 9.59 Å². The predicted octanol–water partition coefficient (Wildman–Crippen LogP) is 0.679. The Bertz CT molecular complexity index is 325. The minimum absolute atomic E-state index is 0.0952. The predicted molar refractivity (Wildman–Crippen MR) is 73.3 cm³/mol. The zero-order chi connectivity index (χ0) is 13.7. The number of carbonyl (C=O) groups excluding carboxylic acids is 2. The summed E-state index contributed by atoms with van der Waals surface area (Å²) in [6.45, 7) is 0.570. The molecule has 19 heavy (non-hydrogen) atoms. The Labute approximate surface area is 114 Å². The minimum atomic E-state index is 0.0952. The molecule has 0 spiro atoms. The van der Waals surface area contributed by atoms with Crippen molar-refractivity contribution >= 4 is 11.8 Å². The van der Waals surface area contributed by atoms with Crippen molar-refractivity contribution in [3.63, 3.8) is 0 Å². The lowest BCUT2D eigenvalue weighted by Gasteiger charge is -2.25. The zero-order valence-corrected chi connectivity index (χ0v) is 11.5. The van der Waals surface area contributed by atoms with Gasteiger partial charge in [-0.1, -0.05) is 0 Å². The Kier molecular flexibility index (Phi) is 5.19. The molecule has 2 rings (SSSR count). The van der Waals surface area contributed by atoms with E-state index in [-0.39, 0.29) is 17.9 Å². The van der Waals surface area contributed by atoms with E-state index in [1.165, 1.54) is 0 Å². The largest absolute Gasteiger partial charge is 0.354 e. The van der Waals surface area contributed by atoms with Crippen LogP contribution in [0.25, 0.3) is 0 Å². The Morgan fingerprint density at radius 3 is 2.63 bits per heavy atom. The molecule has 108 valence electrons. The molecule has 0 radical (unpaired) electrons. The third-order valence-corrected chi connectivity index (χ3v) is 4.30. The molecule has 1 heterocycles. The molecule has 0 aromatic rings. The van der Waals surface area contributed by atoms with Crippen molar-refractivity contribution in [1.82, 2.24) is 10.6 Å². The van der Waals surface area contributed by atoms with Crippen LogP contribution in [0, 0.1) is 5.92 Å². The van der Waals surface area contributed by atoms with Crippen molar-refractivity contribution in [2.24, 2.45) is 11.7 Å². The van der Waals surface area contributed by atoms with Crippen LogP contribution < -0.4 is 16.4 Å². The van der Waals surface area contributed by atoms with E-state index < -0.39 is 0 Å². The van der Waals surface area contributed by atoms with Gasteiger partial charge in [0.05, 0.1) is 0 Å². The van der Waals surface area contributed by atoms with Crippen LogP contribution in [0.2, 0.25) is 0 Å². The summed E-state index contributed by atoms with van der Waals surface area (Å²) in [5.41, 5.74) is 5.87. The second-order valence-electron chi connectivity index (χ2n) is 5.93. The van der Waals surface area contributed by atoms with Crippen molar-refractivity contribution in [2.45, 2.75) is 63.5 Å². The highest BCUT2D eigenvalue weighted by Gasteiger charge is 2.22. The van der Waals surface area contributed by atoms with Crippen LogP contribution >= 0.6 is 0 Å². The van der Waals surface area contributed by atoms with Gasteiger partial charge in [0.15, 0.2) is 0 Å². The second-order valence-corrected chi connectivity index (χ2v) is 5.93.